The van der Waals surface area contributed by atoms with Gasteiger partial charge in [0, 0.05) is 18.8 Å². The first-order chi connectivity index (χ1) is 9.75. The summed E-state index contributed by atoms with van der Waals surface area (Å²) in [5.74, 6) is -1.47. The average molecular weight is 292 g/mol. The van der Waals surface area contributed by atoms with Crippen LogP contribution in [0.2, 0.25) is 0 Å². The standard InChI is InChI=1S/C16H24N2O3/c1-11(10-19)9-17-14(20)15(21)18-13-8-6-5-7-12(13)16(2,3)4/h5-8,11,19H,9-10H2,1-4H3,(H,17,20)(H,18,21). The molecule has 1 aromatic carbocycles. The molecule has 0 bridgehead atoms. The van der Waals surface area contributed by atoms with Gasteiger partial charge in [0.25, 0.3) is 0 Å². The van der Waals surface area contributed by atoms with Crippen molar-refractivity contribution in [3.63, 3.8) is 0 Å². The van der Waals surface area contributed by atoms with E-state index in [0.717, 1.165) is 5.56 Å². The van der Waals surface area contributed by atoms with Gasteiger partial charge >= 0.3 is 11.8 Å². The van der Waals surface area contributed by atoms with E-state index in [-0.39, 0.29) is 24.5 Å². The van der Waals surface area contributed by atoms with Crippen LogP contribution in [0, 0.1) is 5.92 Å². The van der Waals surface area contributed by atoms with Crippen LogP contribution in [0.4, 0.5) is 5.69 Å². The molecule has 0 aliphatic heterocycles. The molecule has 0 aliphatic carbocycles. The zero-order valence-corrected chi connectivity index (χ0v) is 13.1. The number of aliphatic hydroxyl groups excluding tert-OH is 1. The Labute approximate surface area is 125 Å². The fourth-order valence-electron chi connectivity index (χ4n) is 1.84. The zero-order chi connectivity index (χ0) is 16.0. The Morgan fingerprint density at radius 2 is 1.81 bits per heavy atom. The third-order valence-electron chi connectivity index (χ3n) is 3.11. The molecule has 0 fully saturated rings. The minimum absolute atomic E-state index is 0.0330. The molecule has 21 heavy (non-hydrogen) atoms. The van der Waals surface area contributed by atoms with E-state index in [9.17, 15) is 9.59 Å². The highest BCUT2D eigenvalue weighted by Crippen LogP contribution is 2.29. The number of carbonyl (C=O) groups excluding carboxylic acids is 2. The number of hydrogen-bond donors (Lipinski definition) is 3. The Morgan fingerprint density at radius 3 is 2.38 bits per heavy atom. The quantitative estimate of drug-likeness (QED) is 0.739. The average Bonchev–Trinajstić information content (AvgIpc) is 2.43. The normalized spacial score (nSPS) is 12.6. The Balaban J connectivity index is 2.73. The largest absolute Gasteiger partial charge is 0.396 e. The van der Waals surface area contributed by atoms with Crippen LogP contribution in [0.1, 0.15) is 33.3 Å². The van der Waals surface area contributed by atoms with E-state index in [0.29, 0.717) is 5.69 Å². The van der Waals surface area contributed by atoms with E-state index in [2.05, 4.69) is 10.6 Å². The molecule has 0 saturated carbocycles. The molecule has 1 unspecified atom stereocenters. The molecule has 1 aromatic rings. The molecule has 1 atom stereocenters. The van der Waals surface area contributed by atoms with Crippen molar-refractivity contribution < 1.29 is 14.7 Å². The maximum Gasteiger partial charge on any atom is 0.313 e. The van der Waals surface area contributed by atoms with E-state index in [4.69, 9.17) is 5.11 Å². The second-order valence-corrected chi connectivity index (χ2v) is 6.25. The van der Waals surface area contributed by atoms with Crippen molar-refractivity contribution in [3.8, 4) is 0 Å². The Kier molecular flexibility index (Phi) is 5.90. The molecule has 5 heteroatoms. The highest BCUT2D eigenvalue weighted by Gasteiger charge is 2.21. The van der Waals surface area contributed by atoms with Gasteiger partial charge in [-0.05, 0) is 23.0 Å². The molecule has 0 spiro atoms. The molecule has 0 radical (unpaired) electrons. The summed E-state index contributed by atoms with van der Waals surface area (Å²) in [5, 5.41) is 14.0. The summed E-state index contributed by atoms with van der Waals surface area (Å²) in [4.78, 5) is 23.6. The van der Waals surface area contributed by atoms with Crippen molar-refractivity contribution in [2.75, 3.05) is 18.5 Å². The molecule has 5 nitrogen and oxygen atoms in total. The van der Waals surface area contributed by atoms with Crippen LogP contribution < -0.4 is 10.6 Å². The lowest BCUT2D eigenvalue weighted by Gasteiger charge is -2.22. The first-order valence-corrected chi connectivity index (χ1v) is 7.05. The van der Waals surface area contributed by atoms with Crippen molar-refractivity contribution in [2.45, 2.75) is 33.1 Å². The topological polar surface area (TPSA) is 78.4 Å². The molecule has 0 heterocycles. The summed E-state index contributed by atoms with van der Waals surface area (Å²) in [6.45, 7) is 8.15. The number of para-hydroxylation sites is 1. The lowest BCUT2D eigenvalue weighted by atomic mass is 9.86. The molecule has 1 rings (SSSR count). The lowest BCUT2D eigenvalue weighted by molar-refractivity contribution is -0.136. The SMILES string of the molecule is CC(CO)CNC(=O)C(=O)Nc1ccccc1C(C)(C)C. The maximum absolute atomic E-state index is 11.9. The fraction of sp³-hybridized carbons (Fsp3) is 0.500. The van der Waals surface area contributed by atoms with Crippen molar-refractivity contribution >= 4 is 17.5 Å². The Hall–Kier alpha value is -1.88. The van der Waals surface area contributed by atoms with Crippen LogP contribution in [-0.4, -0.2) is 30.1 Å². The predicted molar refractivity (Wildman–Crippen MR) is 83.0 cm³/mol. The smallest absolute Gasteiger partial charge is 0.313 e. The minimum atomic E-state index is -0.697. The highest BCUT2D eigenvalue weighted by atomic mass is 16.3. The highest BCUT2D eigenvalue weighted by molar-refractivity contribution is 6.39. The van der Waals surface area contributed by atoms with Crippen LogP contribution in [0.3, 0.4) is 0 Å². The number of carbonyl (C=O) groups is 2. The number of amides is 2. The van der Waals surface area contributed by atoms with Crippen LogP contribution in [0.15, 0.2) is 24.3 Å². The number of nitrogens with one attached hydrogen (secondary N) is 2. The van der Waals surface area contributed by atoms with Gasteiger partial charge in [-0.15, -0.1) is 0 Å². The van der Waals surface area contributed by atoms with E-state index in [1.54, 1.807) is 13.0 Å². The molecule has 0 saturated heterocycles. The number of rotatable bonds is 4. The van der Waals surface area contributed by atoms with Gasteiger partial charge in [-0.25, -0.2) is 0 Å². The third-order valence-corrected chi connectivity index (χ3v) is 3.11. The lowest BCUT2D eigenvalue weighted by Crippen LogP contribution is -2.38. The maximum atomic E-state index is 11.9. The van der Waals surface area contributed by atoms with Gasteiger partial charge in [-0.2, -0.15) is 0 Å². The second-order valence-electron chi connectivity index (χ2n) is 6.25. The summed E-state index contributed by atoms with van der Waals surface area (Å²) >= 11 is 0. The molecule has 2 amide bonds. The molecule has 116 valence electrons. The van der Waals surface area contributed by atoms with Crippen LogP contribution in [0.5, 0.6) is 0 Å². The number of benzene rings is 1. The van der Waals surface area contributed by atoms with Crippen LogP contribution in [-0.2, 0) is 15.0 Å². The summed E-state index contributed by atoms with van der Waals surface area (Å²) in [6.07, 6.45) is 0. The van der Waals surface area contributed by atoms with E-state index >= 15 is 0 Å². The summed E-state index contributed by atoms with van der Waals surface area (Å²) in [5.41, 5.74) is 1.47. The first kappa shape index (κ1) is 17.2. The predicted octanol–water partition coefficient (Wildman–Crippen LogP) is 1.67. The molecular weight excluding hydrogens is 268 g/mol. The molecule has 0 aliphatic rings. The van der Waals surface area contributed by atoms with Gasteiger partial charge in [-0.3, -0.25) is 9.59 Å². The van der Waals surface area contributed by atoms with Gasteiger partial charge in [0.05, 0.1) is 0 Å². The molecule has 0 aromatic heterocycles. The fourth-order valence-corrected chi connectivity index (χ4v) is 1.84. The summed E-state index contributed by atoms with van der Waals surface area (Å²) in [7, 11) is 0. The van der Waals surface area contributed by atoms with Crippen LogP contribution >= 0.6 is 0 Å². The van der Waals surface area contributed by atoms with Gasteiger partial charge < -0.3 is 15.7 Å². The van der Waals surface area contributed by atoms with E-state index < -0.39 is 11.8 Å². The third kappa shape index (κ3) is 5.19. The summed E-state index contributed by atoms with van der Waals surface area (Å²) < 4.78 is 0. The van der Waals surface area contributed by atoms with Gasteiger partial charge in [0.15, 0.2) is 0 Å². The molecular formula is C16H24N2O3. The van der Waals surface area contributed by atoms with Crippen molar-refractivity contribution in [1.29, 1.82) is 0 Å². The van der Waals surface area contributed by atoms with Gasteiger partial charge in [-0.1, -0.05) is 45.9 Å². The van der Waals surface area contributed by atoms with E-state index in [1.165, 1.54) is 0 Å². The zero-order valence-electron chi connectivity index (χ0n) is 13.1. The Morgan fingerprint density at radius 1 is 1.19 bits per heavy atom. The van der Waals surface area contributed by atoms with Crippen LogP contribution in [0.25, 0.3) is 0 Å². The first-order valence-electron chi connectivity index (χ1n) is 7.05. The monoisotopic (exact) mass is 292 g/mol. The van der Waals surface area contributed by atoms with Gasteiger partial charge in [0.1, 0.15) is 0 Å². The van der Waals surface area contributed by atoms with Crippen molar-refractivity contribution in [2.24, 2.45) is 5.92 Å². The van der Waals surface area contributed by atoms with Crippen molar-refractivity contribution in [3.05, 3.63) is 29.8 Å². The minimum Gasteiger partial charge on any atom is -0.396 e. The number of aliphatic hydroxyl groups is 1. The van der Waals surface area contributed by atoms with Gasteiger partial charge in [0.2, 0.25) is 0 Å². The molecule has 3 N–H and O–H groups in total. The summed E-state index contributed by atoms with van der Waals surface area (Å²) in [6, 6.07) is 7.43. The Bertz CT molecular complexity index is 506. The number of anilines is 1. The van der Waals surface area contributed by atoms with Crippen molar-refractivity contribution in [1.82, 2.24) is 5.32 Å². The van der Waals surface area contributed by atoms with E-state index in [1.807, 2.05) is 39.0 Å². The number of hydrogen-bond acceptors (Lipinski definition) is 3. The second kappa shape index (κ2) is 7.22.